The second kappa shape index (κ2) is 10.2. The minimum atomic E-state index is -0.481. The minimum absolute atomic E-state index is 0.0728. The summed E-state index contributed by atoms with van der Waals surface area (Å²) in [7, 11) is 0. The Morgan fingerprint density at radius 2 is 2.03 bits per heavy atom. The number of nitrogens with zero attached hydrogens (tertiary/aromatic N) is 3. The smallest absolute Gasteiger partial charge is 0.251 e. The molecule has 2 aliphatic heterocycles. The van der Waals surface area contributed by atoms with E-state index >= 15 is 0 Å². The summed E-state index contributed by atoms with van der Waals surface area (Å²) < 4.78 is 21.4. The zero-order valence-electron chi connectivity index (χ0n) is 18.7. The molecule has 2 saturated heterocycles. The second-order valence-corrected chi connectivity index (χ2v) is 9.24. The van der Waals surface area contributed by atoms with Gasteiger partial charge in [0.25, 0.3) is 5.56 Å². The van der Waals surface area contributed by atoms with Crippen LogP contribution >= 0.6 is 11.6 Å². The van der Waals surface area contributed by atoms with Crippen molar-refractivity contribution in [2.45, 2.75) is 31.3 Å². The van der Waals surface area contributed by atoms with Gasteiger partial charge in [-0.15, -0.1) is 0 Å². The van der Waals surface area contributed by atoms with Gasteiger partial charge < -0.3 is 19.9 Å². The van der Waals surface area contributed by atoms with Crippen LogP contribution in [0.15, 0.2) is 53.6 Å². The van der Waals surface area contributed by atoms with E-state index < -0.39 is 5.82 Å². The molecule has 2 N–H and O–H groups in total. The highest BCUT2D eigenvalue weighted by atomic mass is 35.5. The molecular weight excluding hydrogens is 457 g/mol. The summed E-state index contributed by atoms with van der Waals surface area (Å²) in [4.78, 5) is 22.2. The number of hydrogen-bond acceptors (Lipinski definition) is 6. The summed E-state index contributed by atoms with van der Waals surface area (Å²) in [5.41, 5.74) is 1.95. The molecule has 0 saturated carbocycles. The van der Waals surface area contributed by atoms with Crippen LogP contribution in [0.4, 0.5) is 10.3 Å². The Balaban J connectivity index is 1.44. The molecular formula is C25H27ClFN5O2. The highest BCUT2D eigenvalue weighted by Gasteiger charge is 2.29. The third-order valence-electron chi connectivity index (χ3n) is 6.58. The van der Waals surface area contributed by atoms with Crippen LogP contribution in [-0.4, -0.2) is 46.9 Å². The van der Waals surface area contributed by atoms with Gasteiger partial charge in [0.05, 0.1) is 16.8 Å². The molecule has 3 aromatic rings. The predicted molar refractivity (Wildman–Crippen MR) is 130 cm³/mol. The fourth-order valence-corrected chi connectivity index (χ4v) is 4.91. The van der Waals surface area contributed by atoms with Crippen LogP contribution in [0.5, 0.6) is 0 Å². The van der Waals surface area contributed by atoms with Gasteiger partial charge in [-0.2, -0.15) is 0 Å². The molecule has 2 atom stereocenters. The van der Waals surface area contributed by atoms with Crippen molar-refractivity contribution < 1.29 is 9.13 Å². The van der Waals surface area contributed by atoms with Gasteiger partial charge >= 0.3 is 0 Å². The third kappa shape index (κ3) is 4.99. The first-order chi connectivity index (χ1) is 16.6. The number of pyridine rings is 1. The van der Waals surface area contributed by atoms with E-state index in [9.17, 15) is 9.18 Å². The minimum Gasteiger partial charge on any atom is -0.381 e. The van der Waals surface area contributed by atoms with Crippen LogP contribution < -0.4 is 16.2 Å². The molecule has 34 heavy (non-hydrogen) atoms. The number of ether oxygens (including phenoxy) is 1. The van der Waals surface area contributed by atoms with E-state index in [0.29, 0.717) is 17.2 Å². The lowest BCUT2D eigenvalue weighted by Crippen LogP contribution is -2.31. The lowest BCUT2D eigenvalue weighted by molar-refractivity contribution is 0.0903. The molecule has 0 amide bonds. The Labute approximate surface area is 202 Å². The van der Waals surface area contributed by atoms with E-state index in [2.05, 4.69) is 20.6 Å². The zero-order chi connectivity index (χ0) is 23.5. The monoisotopic (exact) mass is 483 g/mol. The number of halogens is 2. The highest BCUT2D eigenvalue weighted by molar-refractivity contribution is 6.30. The van der Waals surface area contributed by atoms with E-state index in [1.54, 1.807) is 41.2 Å². The fourth-order valence-electron chi connectivity index (χ4n) is 4.80. The predicted octanol–water partition coefficient (Wildman–Crippen LogP) is 3.89. The molecule has 0 aliphatic carbocycles. The summed E-state index contributed by atoms with van der Waals surface area (Å²) >= 11 is 5.91. The molecule has 2 aliphatic rings. The summed E-state index contributed by atoms with van der Waals surface area (Å²) in [6.45, 7) is 3.08. The second-order valence-electron chi connectivity index (χ2n) is 8.83. The number of anilines is 1. The summed E-state index contributed by atoms with van der Waals surface area (Å²) in [6.07, 6.45) is 6.19. The standard InChI is InChI=1S/C25H27ClFN5O2/c26-20-2-1-17(13-21(20)27)24(18-3-8-28-15-18)32-10-5-16(14-23(32)33)22-4-9-29-25(31-22)30-19-6-11-34-12-7-19/h1-2,4-5,9-10,13-14,18-19,24,28H,3,6-8,11-12,15H2,(H,29,30,31). The number of hydrogen-bond donors (Lipinski definition) is 2. The summed E-state index contributed by atoms with van der Waals surface area (Å²) in [5, 5.41) is 6.79. The van der Waals surface area contributed by atoms with E-state index in [0.717, 1.165) is 51.1 Å². The molecule has 2 fully saturated rings. The van der Waals surface area contributed by atoms with Gasteiger partial charge in [0.1, 0.15) is 5.82 Å². The molecule has 0 spiro atoms. The van der Waals surface area contributed by atoms with Crippen molar-refractivity contribution in [3.63, 3.8) is 0 Å². The Morgan fingerprint density at radius 3 is 2.76 bits per heavy atom. The largest absolute Gasteiger partial charge is 0.381 e. The zero-order valence-corrected chi connectivity index (χ0v) is 19.5. The van der Waals surface area contributed by atoms with Crippen LogP contribution in [0.2, 0.25) is 5.02 Å². The van der Waals surface area contributed by atoms with Crippen molar-refractivity contribution in [2.75, 3.05) is 31.6 Å². The number of aromatic nitrogens is 3. The molecule has 178 valence electrons. The van der Waals surface area contributed by atoms with E-state index in [-0.39, 0.29) is 28.6 Å². The first-order valence-electron chi connectivity index (χ1n) is 11.6. The Kier molecular flexibility index (Phi) is 6.89. The van der Waals surface area contributed by atoms with Crippen LogP contribution in [0, 0.1) is 11.7 Å². The lowest BCUT2D eigenvalue weighted by atomic mass is 9.91. The molecule has 9 heteroatoms. The molecule has 5 rings (SSSR count). The fraction of sp³-hybridized carbons (Fsp3) is 0.400. The maximum absolute atomic E-state index is 14.3. The average molecular weight is 484 g/mol. The van der Waals surface area contributed by atoms with Gasteiger partial charge in [0.15, 0.2) is 0 Å². The molecule has 0 radical (unpaired) electrons. The van der Waals surface area contributed by atoms with Gasteiger partial charge in [-0.1, -0.05) is 17.7 Å². The average Bonchev–Trinajstić information content (AvgIpc) is 3.38. The van der Waals surface area contributed by atoms with E-state index in [4.69, 9.17) is 16.3 Å². The van der Waals surface area contributed by atoms with Crippen molar-refractivity contribution in [3.05, 3.63) is 75.5 Å². The third-order valence-corrected chi connectivity index (χ3v) is 6.89. The maximum Gasteiger partial charge on any atom is 0.251 e. The molecule has 1 aromatic carbocycles. The highest BCUT2D eigenvalue weighted by Crippen LogP contribution is 2.32. The molecule has 2 aromatic heterocycles. The SMILES string of the molecule is O=c1cc(-c2ccnc(NC3CCOCC3)n2)ccn1C(c1ccc(Cl)c(F)c1)C1CCNC1. The Hall–Kier alpha value is -2.81. The van der Waals surface area contributed by atoms with Crippen molar-refractivity contribution in [2.24, 2.45) is 5.92 Å². The van der Waals surface area contributed by atoms with Crippen molar-refractivity contribution in [1.29, 1.82) is 0 Å². The topological polar surface area (TPSA) is 81.1 Å². The number of rotatable bonds is 6. The molecule has 2 unspecified atom stereocenters. The lowest BCUT2D eigenvalue weighted by Gasteiger charge is -2.26. The summed E-state index contributed by atoms with van der Waals surface area (Å²) in [6, 6.07) is 10.0. The van der Waals surface area contributed by atoms with Crippen LogP contribution in [0.3, 0.4) is 0 Å². The van der Waals surface area contributed by atoms with Crippen LogP contribution in [0.1, 0.15) is 30.9 Å². The Morgan fingerprint density at radius 1 is 1.18 bits per heavy atom. The van der Waals surface area contributed by atoms with Gasteiger partial charge in [-0.05, 0) is 61.6 Å². The van der Waals surface area contributed by atoms with Crippen molar-refractivity contribution in [3.8, 4) is 11.3 Å². The molecule has 0 bridgehead atoms. The van der Waals surface area contributed by atoms with E-state index in [1.165, 1.54) is 6.07 Å². The normalized spacial score (nSPS) is 19.8. The first-order valence-corrected chi connectivity index (χ1v) is 12.0. The van der Waals surface area contributed by atoms with Crippen molar-refractivity contribution >= 4 is 17.5 Å². The van der Waals surface area contributed by atoms with Crippen molar-refractivity contribution in [1.82, 2.24) is 19.9 Å². The van der Waals surface area contributed by atoms with Gasteiger partial charge in [-0.3, -0.25) is 4.79 Å². The molecule has 4 heterocycles. The summed E-state index contributed by atoms with van der Waals surface area (Å²) in [5.74, 6) is 0.226. The van der Waals surface area contributed by atoms with Gasteiger partial charge in [0.2, 0.25) is 5.95 Å². The maximum atomic E-state index is 14.3. The Bertz CT molecular complexity index is 1210. The van der Waals surface area contributed by atoms with E-state index in [1.807, 2.05) is 6.07 Å². The first kappa shape index (κ1) is 23.0. The van der Waals surface area contributed by atoms with Crippen LogP contribution in [-0.2, 0) is 4.74 Å². The number of nitrogens with one attached hydrogen (secondary N) is 2. The molecule has 7 nitrogen and oxygen atoms in total. The van der Waals surface area contributed by atoms with Gasteiger partial charge in [0, 0.05) is 49.8 Å². The van der Waals surface area contributed by atoms with Gasteiger partial charge in [-0.25, -0.2) is 14.4 Å². The number of benzene rings is 1. The quantitative estimate of drug-likeness (QED) is 0.553. The van der Waals surface area contributed by atoms with Crippen LogP contribution in [0.25, 0.3) is 11.3 Å².